The fourth-order valence-corrected chi connectivity index (χ4v) is 2.69. The number of nitrogens with zero attached hydrogens (tertiary/aromatic N) is 2. The Morgan fingerprint density at radius 3 is 2.79 bits per heavy atom. The summed E-state index contributed by atoms with van der Waals surface area (Å²) in [5, 5.41) is 3.55. The van der Waals surface area contributed by atoms with E-state index in [9.17, 15) is 8.42 Å². The first kappa shape index (κ1) is 13.5. The molecule has 2 rings (SSSR count). The standard InChI is InChI=1S/C12H15N3O3S/c1-3-11-13-12(14-18-11)15-19(16,17)8-10-6-4-5-9(2)7-10/h4-7H,3,8H2,1-2H3,(H,14,15). The zero-order valence-electron chi connectivity index (χ0n) is 10.8. The van der Waals surface area contributed by atoms with E-state index in [0.717, 1.165) is 5.56 Å². The third kappa shape index (κ3) is 3.78. The van der Waals surface area contributed by atoms with Gasteiger partial charge in [0.15, 0.2) is 0 Å². The van der Waals surface area contributed by atoms with Crippen molar-refractivity contribution in [2.45, 2.75) is 26.0 Å². The Labute approximate surface area is 111 Å². The van der Waals surface area contributed by atoms with Crippen LogP contribution in [0.1, 0.15) is 23.9 Å². The number of hydrogen-bond donors (Lipinski definition) is 1. The van der Waals surface area contributed by atoms with Gasteiger partial charge in [0.25, 0.3) is 5.95 Å². The van der Waals surface area contributed by atoms with Crippen molar-refractivity contribution >= 4 is 16.0 Å². The predicted octanol–water partition coefficient (Wildman–Crippen LogP) is 1.88. The molecule has 0 fully saturated rings. The van der Waals surface area contributed by atoms with Crippen LogP contribution in [0.2, 0.25) is 0 Å². The van der Waals surface area contributed by atoms with Gasteiger partial charge in [-0.2, -0.15) is 4.98 Å². The Hall–Kier alpha value is -1.89. The van der Waals surface area contributed by atoms with Gasteiger partial charge in [-0.3, -0.25) is 0 Å². The highest BCUT2D eigenvalue weighted by atomic mass is 32.2. The number of aromatic nitrogens is 2. The molecule has 0 aliphatic rings. The van der Waals surface area contributed by atoms with Crippen LogP contribution < -0.4 is 4.72 Å². The van der Waals surface area contributed by atoms with Crippen LogP contribution in [0.15, 0.2) is 28.8 Å². The predicted molar refractivity (Wildman–Crippen MR) is 71.1 cm³/mol. The maximum atomic E-state index is 11.9. The van der Waals surface area contributed by atoms with E-state index >= 15 is 0 Å². The van der Waals surface area contributed by atoms with Gasteiger partial charge in [-0.05, 0) is 17.6 Å². The monoisotopic (exact) mass is 281 g/mol. The van der Waals surface area contributed by atoms with Gasteiger partial charge in [-0.25, -0.2) is 13.1 Å². The van der Waals surface area contributed by atoms with E-state index in [2.05, 4.69) is 14.9 Å². The molecule has 1 aromatic carbocycles. The number of nitrogens with one attached hydrogen (secondary N) is 1. The highest BCUT2D eigenvalue weighted by molar-refractivity contribution is 7.91. The second kappa shape index (κ2) is 5.40. The molecule has 1 heterocycles. The van der Waals surface area contributed by atoms with Gasteiger partial charge in [0.05, 0.1) is 5.75 Å². The largest absolute Gasteiger partial charge is 0.337 e. The molecule has 0 bridgehead atoms. The lowest BCUT2D eigenvalue weighted by Gasteiger charge is -2.04. The molecule has 0 aliphatic heterocycles. The van der Waals surface area contributed by atoms with Crippen molar-refractivity contribution in [1.82, 2.24) is 10.1 Å². The molecule has 0 spiro atoms. The van der Waals surface area contributed by atoms with E-state index < -0.39 is 10.0 Å². The molecular weight excluding hydrogens is 266 g/mol. The summed E-state index contributed by atoms with van der Waals surface area (Å²) >= 11 is 0. The SMILES string of the molecule is CCc1nc(NS(=O)(=O)Cc2cccc(C)c2)no1. The second-order valence-corrected chi connectivity index (χ2v) is 5.94. The Morgan fingerprint density at radius 1 is 1.37 bits per heavy atom. The molecule has 0 saturated heterocycles. The molecule has 1 aromatic heterocycles. The van der Waals surface area contributed by atoms with Crippen LogP contribution in [0.25, 0.3) is 0 Å². The molecular formula is C12H15N3O3S. The Morgan fingerprint density at radius 2 is 2.16 bits per heavy atom. The van der Waals surface area contributed by atoms with E-state index in [0.29, 0.717) is 17.9 Å². The third-order valence-electron chi connectivity index (χ3n) is 2.46. The van der Waals surface area contributed by atoms with Gasteiger partial charge in [0.2, 0.25) is 15.9 Å². The molecule has 0 amide bonds. The highest BCUT2D eigenvalue weighted by Crippen LogP contribution is 2.11. The van der Waals surface area contributed by atoms with E-state index in [4.69, 9.17) is 4.52 Å². The quantitative estimate of drug-likeness (QED) is 0.904. The molecule has 2 aromatic rings. The molecule has 0 aliphatic carbocycles. The van der Waals surface area contributed by atoms with Crippen LogP contribution in [-0.2, 0) is 22.2 Å². The first-order chi connectivity index (χ1) is 8.98. The van der Waals surface area contributed by atoms with Crippen molar-refractivity contribution in [2.75, 3.05) is 4.72 Å². The van der Waals surface area contributed by atoms with Crippen molar-refractivity contribution in [3.8, 4) is 0 Å². The van der Waals surface area contributed by atoms with Crippen LogP contribution in [0.3, 0.4) is 0 Å². The van der Waals surface area contributed by atoms with Gasteiger partial charge >= 0.3 is 0 Å². The van der Waals surface area contributed by atoms with Crippen LogP contribution in [-0.4, -0.2) is 18.6 Å². The summed E-state index contributed by atoms with van der Waals surface area (Å²) in [4.78, 5) is 3.91. The van der Waals surface area contributed by atoms with Gasteiger partial charge in [0.1, 0.15) is 0 Å². The Bertz CT molecular complexity index is 664. The average molecular weight is 281 g/mol. The normalized spacial score (nSPS) is 11.5. The lowest BCUT2D eigenvalue weighted by Crippen LogP contribution is -2.16. The third-order valence-corrected chi connectivity index (χ3v) is 3.66. The lowest BCUT2D eigenvalue weighted by atomic mass is 10.2. The molecule has 0 saturated carbocycles. The molecule has 1 N–H and O–H groups in total. The van der Waals surface area contributed by atoms with Gasteiger partial charge in [-0.1, -0.05) is 36.8 Å². The van der Waals surface area contributed by atoms with Crippen LogP contribution in [0.4, 0.5) is 5.95 Å². The van der Waals surface area contributed by atoms with Crippen LogP contribution in [0.5, 0.6) is 0 Å². The van der Waals surface area contributed by atoms with Crippen LogP contribution in [0, 0.1) is 6.92 Å². The second-order valence-electron chi connectivity index (χ2n) is 4.22. The Kier molecular flexibility index (Phi) is 3.84. The highest BCUT2D eigenvalue weighted by Gasteiger charge is 2.15. The van der Waals surface area contributed by atoms with Crippen molar-refractivity contribution < 1.29 is 12.9 Å². The molecule has 0 atom stereocenters. The molecule has 19 heavy (non-hydrogen) atoms. The van der Waals surface area contributed by atoms with Crippen molar-refractivity contribution in [2.24, 2.45) is 0 Å². The van der Waals surface area contributed by atoms with E-state index in [1.54, 1.807) is 6.07 Å². The topological polar surface area (TPSA) is 85.1 Å². The van der Waals surface area contributed by atoms with E-state index in [1.807, 2.05) is 32.0 Å². The fourth-order valence-electron chi connectivity index (χ4n) is 1.64. The zero-order chi connectivity index (χ0) is 13.9. The minimum atomic E-state index is -3.53. The van der Waals surface area contributed by atoms with Gasteiger partial charge in [-0.15, -0.1) is 0 Å². The molecule has 0 unspecified atom stereocenters. The Balaban J connectivity index is 2.10. The van der Waals surface area contributed by atoms with Crippen LogP contribution >= 0.6 is 0 Å². The number of hydrogen-bond acceptors (Lipinski definition) is 5. The van der Waals surface area contributed by atoms with Gasteiger partial charge < -0.3 is 4.52 Å². The summed E-state index contributed by atoms with van der Waals surface area (Å²) in [6.07, 6.45) is 0.562. The summed E-state index contributed by atoms with van der Waals surface area (Å²) in [6, 6.07) is 7.33. The summed E-state index contributed by atoms with van der Waals surface area (Å²) < 4.78 is 31.0. The maximum absolute atomic E-state index is 11.9. The number of rotatable bonds is 5. The van der Waals surface area contributed by atoms with E-state index in [-0.39, 0.29) is 11.7 Å². The van der Waals surface area contributed by atoms with Gasteiger partial charge in [0, 0.05) is 6.42 Å². The van der Waals surface area contributed by atoms with Crippen molar-refractivity contribution in [3.63, 3.8) is 0 Å². The molecule has 0 radical (unpaired) electrons. The molecule has 102 valence electrons. The van der Waals surface area contributed by atoms with Crippen molar-refractivity contribution in [1.29, 1.82) is 0 Å². The summed E-state index contributed by atoms with van der Waals surface area (Å²) in [5.41, 5.74) is 1.73. The molecule has 7 heteroatoms. The molecule has 6 nitrogen and oxygen atoms in total. The number of benzene rings is 1. The first-order valence-corrected chi connectivity index (χ1v) is 7.52. The van der Waals surface area contributed by atoms with Crippen molar-refractivity contribution in [3.05, 3.63) is 41.3 Å². The lowest BCUT2D eigenvalue weighted by molar-refractivity contribution is 0.383. The van der Waals surface area contributed by atoms with E-state index in [1.165, 1.54) is 0 Å². The maximum Gasteiger partial charge on any atom is 0.277 e. The average Bonchev–Trinajstić information content (AvgIpc) is 2.75. The number of anilines is 1. The summed E-state index contributed by atoms with van der Waals surface area (Å²) in [7, 11) is -3.53. The number of aryl methyl sites for hydroxylation is 2. The first-order valence-electron chi connectivity index (χ1n) is 5.87. The summed E-state index contributed by atoms with van der Waals surface area (Å²) in [6.45, 7) is 3.76. The summed E-state index contributed by atoms with van der Waals surface area (Å²) in [5.74, 6) is 0.253. The number of sulfonamides is 1. The smallest absolute Gasteiger partial charge is 0.277 e. The minimum Gasteiger partial charge on any atom is -0.337 e. The minimum absolute atomic E-state index is 0.0236. The fraction of sp³-hybridized carbons (Fsp3) is 0.333. The zero-order valence-corrected chi connectivity index (χ0v) is 11.6.